The minimum Gasteiger partial charge on any atom is -0.456 e. The number of para-hydroxylation sites is 2. The summed E-state index contributed by atoms with van der Waals surface area (Å²) < 4.78 is 8.63. The van der Waals surface area contributed by atoms with E-state index in [4.69, 9.17) is 19.4 Å². The maximum Gasteiger partial charge on any atom is 0.238 e. The van der Waals surface area contributed by atoms with Crippen LogP contribution in [0.4, 0.5) is 17.1 Å². The summed E-state index contributed by atoms with van der Waals surface area (Å²) in [5.41, 5.74) is 13.0. The lowest BCUT2D eigenvalue weighted by Crippen LogP contribution is -2.10. The average molecular weight is 808 g/mol. The van der Waals surface area contributed by atoms with E-state index < -0.39 is 0 Å². The fourth-order valence-corrected chi connectivity index (χ4v) is 8.80. The Morgan fingerprint density at radius 1 is 0.317 bits per heavy atom. The molecule has 0 aliphatic carbocycles. The van der Waals surface area contributed by atoms with Crippen molar-refractivity contribution in [2.24, 2.45) is 0 Å². The van der Waals surface area contributed by atoms with Crippen molar-refractivity contribution in [2.75, 3.05) is 4.90 Å². The molecule has 3 aromatic heterocycles. The van der Waals surface area contributed by atoms with E-state index in [2.05, 4.69) is 191 Å². The molecule has 0 N–H and O–H groups in total. The van der Waals surface area contributed by atoms with Gasteiger partial charge in [0.05, 0.1) is 11.0 Å². The second-order valence-electron chi connectivity index (χ2n) is 15.7. The second-order valence-corrected chi connectivity index (χ2v) is 15.7. The molecule has 3 heterocycles. The zero-order valence-corrected chi connectivity index (χ0v) is 34.0. The fourth-order valence-electron chi connectivity index (χ4n) is 8.80. The molecule has 0 aliphatic heterocycles. The van der Waals surface area contributed by atoms with Crippen molar-refractivity contribution in [2.45, 2.75) is 0 Å². The quantitative estimate of drug-likeness (QED) is 0.153. The molecular formula is C57H37N5O. The number of benzene rings is 9. The van der Waals surface area contributed by atoms with Gasteiger partial charge in [-0.1, -0.05) is 170 Å². The van der Waals surface area contributed by atoms with Gasteiger partial charge in [0.2, 0.25) is 5.95 Å². The highest BCUT2D eigenvalue weighted by molar-refractivity contribution is 6.11. The normalized spacial score (nSPS) is 11.5. The Balaban J connectivity index is 1.10. The van der Waals surface area contributed by atoms with E-state index in [1.54, 1.807) is 0 Å². The molecule has 296 valence electrons. The van der Waals surface area contributed by atoms with Crippen LogP contribution >= 0.6 is 0 Å². The van der Waals surface area contributed by atoms with Gasteiger partial charge in [-0.2, -0.15) is 9.97 Å². The molecule has 0 atom stereocenters. The summed E-state index contributed by atoms with van der Waals surface area (Å²) in [5.74, 6) is 1.72. The number of fused-ring (bicyclic) bond motifs is 6. The molecule has 0 radical (unpaired) electrons. The standard InChI is InChI=1S/C57H37N5O/c1-5-15-38(16-6-1)40-25-27-42(28-26-40)56-58-55(41-19-9-3-10-20-41)59-57(60-56)62-51-35-43(39-17-7-2-8-18-39)29-32-47(51)48-33-30-45(36-52(48)62)61(44-21-11-4-12-22-44)46-31-34-50-49-23-13-14-24-53(49)63-54(50)37-46/h1-37H. The second kappa shape index (κ2) is 15.1. The number of aromatic nitrogens is 4. The minimum atomic E-state index is 0.531. The summed E-state index contributed by atoms with van der Waals surface area (Å²) >= 11 is 0. The van der Waals surface area contributed by atoms with Gasteiger partial charge in [0.15, 0.2) is 11.6 Å². The molecule has 0 saturated carbocycles. The highest BCUT2D eigenvalue weighted by Crippen LogP contribution is 2.42. The summed E-state index contributed by atoms with van der Waals surface area (Å²) in [4.78, 5) is 18.0. The van der Waals surface area contributed by atoms with Crippen LogP contribution in [0.2, 0.25) is 0 Å². The Kier molecular flexibility index (Phi) is 8.71. The SMILES string of the molecule is c1ccc(-c2ccc(-c3nc(-c4ccccc4)nc(-n4c5cc(-c6ccccc6)ccc5c5ccc(N(c6ccccc6)c6ccc7c(c6)oc6ccccc67)cc54)n3)cc2)cc1. The highest BCUT2D eigenvalue weighted by atomic mass is 16.3. The Morgan fingerprint density at radius 3 is 1.46 bits per heavy atom. The fraction of sp³-hybridized carbons (Fsp3) is 0. The summed E-state index contributed by atoms with van der Waals surface area (Å²) in [6.07, 6.45) is 0. The summed E-state index contributed by atoms with van der Waals surface area (Å²) in [6, 6.07) is 78.1. The van der Waals surface area contributed by atoms with Crippen LogP contribution in [-0.4, -0.2) is 19.5 Å². The van der Waals surface area contributed by atoms with Crippen LogP contribution in [0.25, 0.3) is 94.7 Å². The lowest BCUT2D eigenvalue weighted by atomic mass is 10.0. The van der Waals surface area contributed by atoms with Crippen molar-refractivity contribution in [3.05, 3.63) is 224 Å². The molecule has 0 saturated heterocycles. The first kappa shape index (κ1) is 36.3. The average Bonchev–Trinajstić information content (AvgIpc) is 3.90. The van der Waals surface area contributed by atoms with Crippen molar-refractivity contribution < 1.29 is 4.42 Å². The highest BCUT2D eigenvalue weighted by Gasteiger charge is 2.22. The summed E-state index contributed by atoms with van der Waals surface area (Å²) in [6.45, 7) is 0. The Labute approximate surface area is 363 Å². The molecule has 12 rings (SSSR count). The van der Waals surface area contributed by atoms with Gasteiger partial charge >= 0.3 is 0 Å². The predicted octanol–water partition coefficient (Wildman–Crippen LogP) is 15.0. The maximum absolute atomic E-state index is 6.42. The van der Waals surface area contributed by atoms with Crippen molar-refractivity contribution >= 4 is 60.8 Å². The molecule has 63 heavy (non-hydrogen) atoms. The molecule has 6 nitrogen and oxygen atoms in total. The molecule has 0 amide bonds. The van der Waals surface area contributed by atoms with E-state index >= 15 is 0 Å². The first-order valence-electron chi connectivity index (χ1n) is 21.1. The Bertz CT molecular complexity index is 3600. The van der Waals surface area contributed by atoms with Crippen LogP contribution in [0.5, 0.6) is 0 Å². The van der Waals surface area contributed by atoms with Crippen LogP contribution in [0.15, 0.2) is 229 Å². The third-order valence-electron chi connectivity index (χ3n) is 11.9. The van der Waals surface area contributed by atoms with Crippen LogP contribution in [0, 0.1) is 0 Å². The molecule has 0 bridgehead atoms. The monoisotopic (exact) mass is 807 g/mol. The number of rotatable bonds is 8. The van der Waals surface area contributed by atoms with E-state index in [1.807, 2.05) is 42.5 Å². The number of anilines is 3. The first-order chi connectivity index (χ1) is 31.2. The summed E-state index contributed by atoms with van der Waals surface area (Å²) in [5, 5.41) is 4.37. The predicted molar refractivity (Wildman–Crippen MR) is 258 cm³/mol. The van der Waals surface area contributed by atoms with Crippen molar-refractivity contribution in [1.29, 1.82) is 0 Å². The number of nitrogens with zero attached hydrogens (tertiary/aromatic N) is 5. The largest absolute Gasteiger partial charge is 0.456 e. The number of hydrogen-bond acceptors (Lipinski definition) is 5. The van der Waals surface area contributed by atoms with Crippen molar-refractivity contribution in [3.8, 4) is 51.0 Å². The van der Waals surface area contributed by atoms with Crippen LogP contribution < -0.4 is 4.90 Å². The first-order valence-corrected chi connectivity index (χ1v) is 21.1. The van der Waals surface area contributed by atoms with Crippen LogP contribution in [0.3, 0.4) is 0 Å². The van der Waals surface area contributed by atoms with Gasteiger partial charge in [0, 0.05) is 55.8 Å². The number of hydrogen-bond donors (Lipinski definition) is 0. The van der Waals surface area contributed by atoms with Gasteiger partial charge in [-0.15, -0.1) is 0 Å². The van der Waals surface area contributed by atoms with Crippen molar-refractivity contribution in [1.82, 2.24) is 19.5 Å². The molecule has 6 heteroatoms. The van der Waals surface area contributed by atoms with E-state index in [1.165, 1.54) is 0 Å². The van der Waals surface area contributed by atoms with E-state index in [-0.39, 0.29) is 0 Å². The van der Waals surface area contributed by atoms with Crippen LogP contribution in [0.1, 0.15) is 0 Å². The molecule has 0 unspecified atom stereocenters. The van der Waals surface area contributed by atoms with E-state index in [0.29, 0.717) is 17.6 Å². The molecule has 12 aromatic rings. The van der Waals surface area contributed by atoms with E-state index in [9.17, 15) is 0 Å². The summed E-state index contributed by atoms with van der Waals surface area (Å²) in [7, 11) is 0. The van der Waals surface area contributed by atoms with Gasteiger partial charge < -0.3 is 9.32 Å². The molecule has 0 fully saturated rings. The lowest BCUT2D eigenvalue weighted by molar-refractivity contribution is 0.669. The maximum atomic E-state index is 6.42. The zero-order chi connectivity index (χ0) is 41.7. The Hall–Kier alpha value is -8.61. The van der Waals surface area contributed by atoms with Crippen LogP contribution in [-0.2, 0) is 0 Å². The molecular weight excluding hydrogens is 771 g/mol. The van der Waals surface area contributed by atoms with Gasteiger partial charge in [-0.25, -0.2) is 4.98 Å². The van der Waals surface area contributed by atoms with Gasteiger partial charge in [-0.05, 0) is 70.8 Å². The molecule has 9 aromatic carbocycles. The van der Waals surface area contributed by atoms with Crippen molar-refractivity contribution in [3.63, 3.8) is 0 Å². The lowest BCUT2D eigenvalue weighted by Gasteiger charge is -2.25. The smallest absolute Gasteiger partial charge is 0.238 e. The molecule has 0 spiro atoms. The minimum absolute atomic E-state index is 0.531. The van der Waals surface area contributed by atoms with Gasteiger partial charge in [0.1, 0.15) is 11.2 Å². The topological polar surface area (TPSA) is 60.0 Å². The molecule has 0 aliphatic rings. The third-order valence-corrected chi connectivity index (χ3v) is 11.9. The van der Waals surface area contributed by atoms with Gasteiger partial charge in [0.25, 0.3) is 0 Å². The number of furan rings is 1. The Morgan fingerprint density at radius 2 is 0.778 bits per heavy atom. The third kappa shape index (κ3) is 6.49. The van der Waals surface area contributed by atoms with E-state index in [0.717, 1.165) is 94.2 Å². The van der Waals surface area contributed by atoms with Gasteiger partial charge in [-0.3, -0.25) is 4.57 Å². The zero-order valence-electron chi connectivity index (χ0n) is 34.0.